The highest BCUT2D eigenvalue weighted by Gasteiger charge is 2.30. The average Bonchev–Trinajstić information content (AvgIpc) is 3.52. The van der Waals surface area contributed by atoms with Gasteiger partial charge in [0.05, 0.1) is 11.7 Å². The van der Waals surface area contributed by atoms with Crippen molar-refractivity contribution < 1.29 is 13.2 Å². The predicted molar refractivity (Wildman–Crippen MR) is 156 cm³/mol. The van der Waals surface area contributed by atoms with Gasteiger partial charge in [-0.3, -0.25) is 9.69 Å². The molecule has 2 heterocycles. The first kappa shape index (κ1) is 27.4. The zero-order valence-electron chi connectivity index (χ0n) is 22.6. The molecule has 0 saturated carbocycles. The Bertz CT molecular complexity index is 1310. The van der Waals surface area contributed by atoms with Gasteiger partial charge in [-0.2, -0.15) is 0 Å². The summed E-state index contributed by atoms with van der Waals surface area (Å²) in [5, 5.41) is 0. The fourth-order valence-electron chi connectivity index (χ4n) is 5.65. The van der Waals surface area contributed by atoms with Crippen LogP contribution in [0.1, 0.15) is 53.7 Å². The molecule has 0 aliphatic carbocycles. The van der Waals surface area contributed by atoms with Gasteiger partial charge in [0.2, 0.25) is 10.0 Å². The molecule has 0 bridgehead atoms. The minimum atomic E-state index is -3.73. The van der Waals surface area contributed by atoms with Crippen molar-refractivity contribution in [2.24, 2.45) is 0 Å². The number of nitrogens with zero attached hydrogens (tertiary/aromatic N) is 3. The number of hydrogen-bond donors (Lipinski definition) is 1. The molecule has 0 aromatic heterocycles. The summed E-state index contributed by atoms with van der Waals surface area (Å²) in [6, 6.07) is 26.3. The monoisotopic (exact) mass is 546 g/mol. The molecule has 2 aliphatic rings. The van der Waals surface area contributed by atoms with E-state index in [4.69, 9.17) is 0 Å². The van der Waals surface area contributed by atoms with Crippen LogP contribution in [0.25, 0.3) is 0 Å². The number of sulfonamides is 1. The Labute approximate surface area is 232 Å². The van der Waals surface area contributed by atoms with E-state index in [1.165, 1.54) is 11.1 Å². The van der Waals surface area contributed by atoms with Crippen LogP contribution in [0.3, 0.4) is 0 Å². The van der Waals surface area contributed by atoms with Crippen LogP contribution in [-0.2, 0) is 10.0 Å². The second-order valence-electron chi connectivity index (χ2n) is 10.3. The van der Waals surface area contributed by atoms with Crippen molar-refractivity contribution in [1.82, 2.24) is 14.5 Å². The molecule has 1 amide bonds. The second-order valence-corrected chi connectivity index (χ2v) is 12.1. The van der Waals surface area contributed by atoms with Gasteiger partial charge in [0.1, 0.15) is 4.90 Å². The van der Waals surface area contributed by atoms with Crippen LogP contribution in [0.5, 0.6) is 0 Å². The third kappa shape index (κ3) is 6.19. The molecule has 1 N–H and O–H groups in total. The molecule has 39 heavy (non-hydrogen) atoms. The topological polar surface area (TPSA) is 73.0 Å². The molecule has 5 rings (SSSR count). The fourth-order valence-corrected chi connectivity index (χ4v) is 7.03. The highest BCUT2D eigenvalue weighted by Crippen LogP contribution is 2.32. The van der Waals surface area contributed by atoms with Crippen LogP contribution in [0.4, 0.5) is 5.69 Å². The standard InChI is InChI=1S/C31H38N4O3S/c1-2-17-32-39(37,38)29-24-27(15-16-28(29)33-18-9-10-19-33)31(36)35-22-20-34(21-23-35)30(25-11-5-3-6-12-25)26-13-7-4-8-14-26/h3-8,11-16,24,30,32H,2,9-10,17-23H2,1H3. The first-order valence-corrected chi connectivity index (χ1v) is 15.5. The van der Waals surface area contributed by atoms with Crippen LogP contribution in [0.2, 0.25) is 0 Å². The molecule has 0 atom stereocenters. The van der Waals surface area contributed by atoms with Gasteiger partial charge in [-0.15, -0.1) is 0 Å². The summed E-state index contributed by atoms with van der Waals surface area (Å²) in [5.41, 5.74) is 3.57. The number of nitrogens with one attached hydrogen (secondary N) is 1. The molecular weight excluding hydrogens is 508 g/mol. The van der Waals surface area contributed by atoms with Gasteiger partial charge in [0.25, 0.3) is 5.91 Å². The van der Waals surface area contributed by atoms with Gasteiger partial charge < -0.3 is 9.80 Å². The lowest BCUT2D eigenvalue weighted by molar-refractivity contribution is 0.0597. The average molecular weight is 547 g/mol. The number of amides is 1. The molecule has 0 spiro atoms. The van der Waals surface area contributed by atoms with Gasteiger partial charge in [-0.1, -0.05) is 67.6 Å². The van der Waals surface area contributed by atoms with Crippen LogP contribution in [0.15, 0.2) is 83.8 Å². The van der Waals surface area contributed by atoms with E-state index in [-0.39, 0.29) is 16.8 Å². The number of benzene rings is 3. The van der Waals surface area contributed by atoms with Gasteiger partial charge in [0, 0.05) is 51.4 Å². The van der Waals surface area contributed by atoms with E-state index in [9.17, 15) is 13.2 Å². The van der Waals surface area contributed by atoms with Crippen molar-refractivity contribution in [1.29, 1.82) is 0 Å². The highest BCUT2D eigenvalue weighted by molar-refractivity contribution is 7.89. The number of anilines is 1. The summed E-state index contributed by atoms with van der Waals surface area (Å²) in [6.45, 7) is 6.59. The van der Waals surface area contributed by atoms with E-state index in [0.717, 1.165) is 39.0 Å². The molecule has 0 unspecified atom stereocenters. The third-order valence-electron chi connectivity index (χ3n) is 7.68. The first-order valence-electron chi connectivity index (χ1n) is 14.0. The Morgan fingerprint density at radius 3 is 1.97 bits per heavy atom. The summed E-state index contributed by atoms with van der Waals surface area (Å²) in [4.78, 5) is 20.2. The SMILES string of the molecule is CCCNS(=O)(=O)c1cc(C(=O)N2CCN(C(c3ccccc3)c3ccccc3)CC2)ccc1N1CCCC1. The largest absolute Gasteiger partial charge is 0.370 e. The van der Waals surface area contributed by atoms with Crippen molar-refractivity contribution in [3.8, 4) is 0 Å². The van der Waals surface area contributed by atoms with E-state index < -0.39 is 10.0 Å². The Morgan fingerprint density at radius 2 is 1.41 bits per heavy atom. The lowest BCUT2D eigenvalue weighted by Crippen LogP contribution is -2.49. The molecule has 2 saturated heterocycles. The van der Waals surface area contributed by atoms with E-state index in [0.29, 0.717) is 37.3 Å². The van der Waals surface area contributed by atoms with Crippen molar-refractivity contribution in [3.05, 3.63) is 95.6 Å². The minimum Gasteiger partial charge on any atom is -0.370 e. The maximum absolute atomic E-state index is 13.6. The molecule has 8 heteroatoms. The molecule has 0 radical (unpaired) electrons. The summed E-state index contributed by atoms with van der Waals surface area (Å²) in [5.74, 6) is -0.120. The van der Waals surface area contributed by atoms with E-state index >= 15 is 0 Å². The maximum atomic E-state index is 13.6. The van der Waals surface area contributed by atoms with Crippen molar-refractivity contribution in [3.63, 3.8) is 0 Å². The Hall–Kier alpha value is -3.20. The molecular formula is C31H38N4O3S. The lowest BCUT2D eigenvalue weighted by Gasteiger charge is -2.40. The molecule has 3 aromatic carbocycles. The summed E-state index contributed by atoms with van der Waals surface area (Å²) >= 11 is 0. The van der Waals surface area contributed by atoms with Crippen LogP contribution in [0, 0.1) is 0 Å². The summed E-state index contributed by atoms with van der Waals surface area (Å²) < 4.78 is 29.2. The predicted octanol–water partition coefficient (Wildman–Crippen LogP) is 4.52. The Kier molecular flexibility index (Phi) is 8.65. The second kappa shape index (κ2) is 12.3. The number of carbonyl (C=O) groups excluding carboxylic acids is 1. The van der Waals surface area contributed by atoms with Crippen LogP contribution < -0.4 is 9.62 Å². The Balaban J connectivity index is 1.35. The number of carbonyl (C=O) groups is 1. The van der Waals surface area contributed by atoms with Crippen molar-refractivity contribution >= 4 is 21.6 Å². The number of piperazine rings is 1. The van der Waals surface area contributed by atoms with Gasteiger partial charge in [0.15, 0.2) is 0 Å². The smallest absolute Gasteiger partial charge is 0.253 e. The molecule has 3 aromatic rings. The zero-order valence-corrected chi connectivity index (χ0v) is 23.4. The number of hydrogen-bond acceptors (Lipinski definition) is 5. The van der Waals surface area contributed by atoms with E-state index in [2.05, 4.69) is 63.1 Å². The molecule has 206 valence electrons. The van der Waals surface area contributed by atoms with Crippen molar-refractivity contribution in [2.45, 2.75) is 37.1 Å². The van der Waals surface area contributed by atoms with Crippen LogP contribution >= 0.6 is 0 Å². The first-order chi connectivity index (χ1) is 19.0. The van der Waals surface area contributed by atoms with Crippen molar-refractivity contribution in [2.75, 3.05) is 50.7 Å². The number of rotatable bonds is 9. The van der Waals surface area contributed by atoms with Crippen LogP contribution in [-0.4, -0.2) is 69.9 Å². The fraction of sp³-hybridized carbons (Fsp3) is 0.387. The summed E-state index contributed by atoms with van der Waals surface area (Å²) in [7, 11) is -3.73. The molecule has 2 fully saturated rings. The zero-order chi connectivity index (χ0) is 27.2. The van der Waals surface area contributed by atoms with Gasteiger partial charge in [-0.05, 0) is 48.6 Å². The minimum absolute atomic E-state index is 0.116. The lowest BCUT2D eigenvalue weighted by atomic mass is 9.96. The van der Waals surface area contributed by atoms with E-state index in [1.807, 2.05) is 30.0 Å². The third-order valence-corrected chi connectivity index (χ3v) is 9.17. The van der Waals surface area contributed by atoms with Gasteiger partial charge >= 0.3 is 0 Å². The summed E-state index contributed by atoms with van der Waals surface area (Å²) in [6.07, 6.45) is 2.79. The molecule has 2 aliphatic heterocycles. The van der Waals surface area contributed by atoms with E-state index in [1.54, 1.807) is 12.1 Å². The Morgan fingerprint density at radius 1 is 0.821 bits per heavy atom. The quantitative estimate of drug-likeness (QED) is 0.427. The normalized spacial score (nSPS) is 16.7. The maximum Gasteiger partial charge on any atom is 0.253 e. The molecule has 7 nitrogen and oxygen atoms in total. The van der Waals surface area contributed by atoms with Gasteiger partial charge in [-0.25, -0.2) is 13.1 Å². The highest BCUT2D eigenvalue weighted by atomic mass is 32.2.